The van der Waals surface area contributed by atoms with Gasteiger partial charge in [0.25, 0.3) is 0 Å². The van der Waals surface area contributed by atoms with Crippen molar-refractivity contribution in [3.63, 3.8) is 0 Å². The van der Waals surface area contributed by atoms with E-state index < -0.39 is 9.84 Å². The second-order valence-corrected chi connectivity index (χ2v) is 5.85. The first-order valence-electron chi connectivity index (χ1n) is 4.87. The molecule has 0 amide bonds. The number of benzene rings is 2. The molecular weight excluding hydrogens is 258 g/mol. The molecule has 0 atom stereocenters. The zero-order valence-corrected chi connectivity index (χ0v) is 10.4. The first kappa shape index (κ1) is 12.0. The van der Waals surface area contributed by atoms with Gasteiger partial charge in [-0.2, -0.15) is 0 Å². The molecule has 0 saturated carbocycles. The maximum Gasteiger partial charge on any atom is 0.208 e. The van der Waals surface area contributed by atoms with Crippen molar-refractivity contribution in [2.75, 3.05) is 5.73 Å². The highest BCUT2D eigenvalue weighted by Gasteiger charge is 2.19. The molecule has 0 aliphatic heterocycles. The molecular formula is C12H10ClNO2S. The fourth-order valence-electron chi connectivity index (χ4n) is 1.47. The summed E-state index contributed by atoms with van der Waals surface area (Å²) in [6, 6.07) is 12.4. The molecule has 0 bridgehead atoms. The lowest BCUT2D eigenvalue weighted by Crippen LogP contribution is -2.05. The monoisotopic (exact) mass is 267 g/mol. The molecule has 0 spiro atoms. The van der Waals surface area contributed by atoms with E-state index in [9.17, 15) is 8.42 Å². The van der Waals surface area contributed by atoms with Crippen LogP contribution in [0, 0.1) is 0 Å². The van der Waals surface area contributed by atoms with Gasteiger partial charge in [0.1, 0.15) is 0 Å². The van der Waals surface area contributed by atoms with Crippen molar-refractivity contribution < 1.29 is 8.42 Å². The molecule has 0 aliphatic rings. The summed E-state index contributed by atoms with van der Waals surface area (Å²) >= 11 is 5.72. The van der Waals surface area contributed by atoms with Gasteiger partial charge in [0, 0.05) is 5.02 Å². The van der Waals surface area contributed by atoms with E-state index in [1.165, 1.54) is 30.3 Å². The van der Waals surface area contributed by atoms with Gasteiger partial charge in [-0.1, -0.05) is 23.7 Å². The normalized spacial score (nSPS) is 11.4. The van der Waals surface area contributed by atoms with E-state index in [4.69, 9.17) is 17.3 Å². The van der Waals surface area contributed by atoms with Crippen LogP contribution >= 0.6 is 11.6 Å². The van der Waals surface area contributed by atoms with Crippen molar-refractivity contribution in [3.05, 3.63) is 53.6 Å². The predicted octanol–water partition coefficient (Wildman–Crippen LogP) is 2.76. The highest BCUT2D eigenvalue weighted by atomic mass is 35.5. The third kappa shape index (κ3) is 2.28. The third-order valence-electron chi connectivity index (χ3n) is 2.33. The zero-order valence-electron chi connectivity index (χ0n) is 8.80. The van der Waals surface area contributed by atoms with E-state index >= 15 is 0 Å². The number of hydrogen-bond donors (Lipinski definition) is 1. The molecule has 88 valence electrons. The van der Waals surface area contributed by atoms with Crippen LogP contribution in [-0.2, 0) is 9.84 Å². The average molecular weight is 268 g/mol. The fourth-order valence-corrected chi connectivity index (χ4v) is 2.98. The Labute approximate surface area is 105 Å². The number of para-hydroxylation sites is 1. The van der Waals surface area contributed by atoms with Gasteiger partial charge in [-0.25, -0.2) is 8.42 Å². The lowest BCUT2D eigenvalue weighted by atomic mass is 10.3. The molecule has 2 aromatic rings. The second kappa shape index (κ2) is 4.39. The van der Waals surface area contributed by atoms with Crippen LogP contribution in [0.2, 0.25) is 5.02 Å². The summed E-state index contributed by atoms with van der Waals surface area (Å²) in [5, 5.41) is 0.491. The van der Waals surface area contributed by atoms with Gasteiger partial charge in [0.05, 0.1) is 15.5 Å². The second-order valence-electron chi connectivity index (χ2n) is 3.50. The maximum atomic E-state index is 12.2. The van der Waals surface area contributed by atoms with Crippen molar-refractivity contribution in [1.29, 1.82) is 0 Å². The van der Waals surface area contributed by atoms with Gasteiger partial charge in [0.15, 0.2) is 0 Å². The molecule has 0 unspecified atom stereocenters. The molecule has 2 N–H and O–H groups in total. The number of halogens is 1. The Morgan fingerprint density at radius 3 is 2.12 bits per heavy atom. The van der Waals surface area contributed by atoms with Crippen LogP contribution in [0.15, 0.2) is 58.3 Å². The molecule has 0 heterocycles. The van der Waals surface area contributed by atoms with Crippen LogP contribution in [-0.4, -0.2) is 8.42 Å². The number of nitrogen functional groups attached to an aromatic ring is 1. The van der Waals surface area contributed by atoms with Crippen LogP contribution in [0.4, 0.5) is 5.69 Å². The van der Waals surface area contributed by atoms with Gasteiger partial charge in [0.2, 0.25) is 9.84 Å². The predicted molar refractivity (Wildman–Crippen MR) is 67.8 cm³/mol. The molecule has 3 nitrogen and oxygen atoms in total. The number of sulfone groups is 1. The summed E-state index contributed by atoms with van der Waals surface area (Å²) < 4.78 is 24.5. The number of rotatable bonds is 2. The topological polar surface area (TPSA) is 60.2 Å². The Morgan fingerprint density at radius 2 is 1.53 bits per heavy atom. The van der Waals surface area contributed by atoms with Crippen molar-refractivity contribution in [1.82, 2.24) is 0 Å². The summed E-state index contributed by atoms with van der Waals surface area (Å²) in [6.45, 7) is 0. The van der Waals surface area contributed by atoms with E-state index in [1.807, 2.05) is 0 Å². The van der Waals surface area contributed by atoms with E-state index in [0.29, 0.717) is 5.02 Å². The average Bonchev–Trinajstić information content (AvgIpc) is 2.30. The Balaban J connectivity index is 2.58. The standard InChI is InChI=1S/C12H10ClNO2S/c13-9-5-7-10(8-6-9)17(15,16)12-4-2-1-3-11(12)14/h1-8H,14H2. The van der Waals surface area contributed by atoms with E-state index in [2.05, 4.69) is 0 Å². The van der Waals surface area contributed by atoms with Crippen LogP contribution < -0.4 is 5.73 Å². The van der Waals surface area contributed by atoms with E-state index in [-0.39, 0.29) is 15.5 Å². The fraction of sp³-hybridized carbons (Fsp3) is 0. The van der Waals surface area contributed by atoms with Gasteiger partial charge in [-0.3, -0.25) is 0 Å². The molecule has 17 heavy (non-hydrogen) atoms. The quantitative estimate of drug-likeness (QED) is 0.851. The van der Waals surface area contributed by atoms with Crippen molar-refractivity contribution in [3.8, 4) is 0 Å². The number of anilines is 1. The molecule has 2 aromatic carbocycles. The van der Waals surface area contributed by atoms with Gasteiger partial charge in [-0.05, 0) is 36.4 Å². The smallest absolute Gasteiger partial charge is 0.208 e. The van der Waals surface area contributed by atoms with Crippen molar-refractivity contribution >= 4 is 27.1 Å². The molecule has 2 rings (SSSR count). The minimum absolute atomic E-state index is 0.113. The van der Waals surface area contributed by atoms with E-state index in [1.54, 1.807) is 18.2 Å². The number of hydrogen-bond acceptors (Lipinski definition) is 3. The highest BCUT2D eigenvalue weighted by molar-refractivity contribution is 7.91. The molecule has 0 aliphatic carbocycles. The Kier molecular flexibility index (Phi) is 3.09. The summed E-state index contributed by atoms with van der Waals surface area (Å²) in [5.74, 6) is 0. The summed E-state index contributed by atoms with van der Waals surface area (Å²) in [6.07, 6.45) is 0. The lowest BCUT2D eigenvalue weighted by Gasteiger charge is -2.07. The Morgan fingerprint density at radius 1 is 0.941 bits per heavy atom. The maximum absolute atomic E-state index is 12.2. The third-order valence-corrected chi connectivity index (χ3v) is 4.43. The number of nitrogens with two attached hydrogens (primary N) is 1. The van der Waals surface area contributed by atoms with Crippen LogP contribution in [0.25, 0.3) is 0 Å². The van der Waals surface area contributed by atoms with Gasteiger partial charge in [-0.15, -0.1) is 0 Å². The van der Waals surface area contributed by atoms with Crippen LogP contribution in [0.1, 0.15) is 0 Å². The SMILES string of the molecule is Nc1ccccc1S(=O)(=O)c1ccc(Cl)cc1. The highest BCUT2D eigenvalue weighted by Crippen LogP contribution is 2.26. The lowest BCUT2D eigenvalue weighted by molar-refractivity contribution is 0.596. The molecule has 0 radical (unpaired) electrons. The van der Waals surface area contributed by atoms with Crippen molar-refractivity contribution in [2.24, 2.45) is 0 Å². The molecule has 0 saturated heterocycles. The first-order valence-corrected chi connectivity index (χ1v) is 6.73. The molecule has 0 fully saturated rings. The van der Waals surface area contributed by atoms with Crippen LogP contribution in [0.5, 0.6) is 0 Å². The van der Waals surface area contributed by atoms with Gasteiger partial charge < -0.3 is 5.73 Å². The Hall–Kier alpha value is -1.52. The minimum Gasteiger partial charge on any atom is -0.398 e. The first-order chi connectivity index (χ1) is 8.01. The van der Waals surface area contributed by atoms with E-state index in [0.717, 1.165) is 0 Å². The Bertz CT molecular complexity index is 636. The molecule has 5 heteroatoms. The van der Waals surface area contributed by atoms with Crippen molar-refractivity contribution in [2.45, 2.75) is 9.79 Å². The van der Waals surface area contributed by atoms with Gasteiger partial charge >= 0.3 is 0 Å². The summed E-state index contributed by atoms with van der Waals surface area (Å²) in [5.41, 5.74) is 5.91. The largest absolute Gasteiger partial charge is 0.398 e. The summed E-state index contributed by atoms with van der Waals surface area (Å²) in [7, 11) is -3.57. The molecule has 0 aromatic heterocycles. The summed E-state index contributed by atoms with van der Waals surface area (Å²) in [4.78, 5) is 0.294. The van der Waals surface area contributed by atoms with Crippen LogP contribution in [0.3, 0.4) is 0 Å². The minimum atomic E-state index is -3.57. The zero-order chi connectivity index (χ0) is 12.5.